The van der Waals surface area contributed by atoms with E-state index in [9.17, 15) is 4.79 Å². The van der Waals surface area contributed by atoms with Crippen molar-refractivity contribution < 1.29 is 4.79 Å². The number of hydrogen-bond donors (Lipinski definition) is 1. The van der Waals surface area contributed by atoms with Crippen LogP contribution in [0.3, 0.4) is 0 Å². The zero-order valence-corrected chi connectivity index (χ0v) is 13.8. The van der Waals surface area contributed by atoms with Gasteiger partial charge in [0.1, 0.15) is 0 Å². The molecule has 1 aliphatic heterocycles. The predicted molar refractivity (Wildman–Crippen MR) is 93.0 cm³/mol. The Morgan fingerprint density at radius 1 is 1.17 bits per heavy atom. The minimum Gasteiger partial charge on any atom is -0.328 e. The number of nitrogens with one attached hydrogen (secondary N) is 1. The highest BCUT2D eigenvalue weighted by molar-refractivity contribution is 6.30. The van der Waals surface area contributed by atoms with E-state index in [2.05, 4.69) is 18.3 Å². The van der Waals surface area contributed by atoms with Crippen molar-refractivity contribution in [3.63, 3.8) is 0 Å². The summed E-state index contributed by atoms with van der Waals surface area (Å²) in [4.78, 5) is 14.8. The Morgan fingerprint density at radius 2 is 1.87 bits per heavy atom. The molecule has 1 unspecified atom stereocenters. The van der Waals surface area contributed by atoms with Crippen LogP contribution in [-0.4, -0.2) is 12.1 Å². The van der Waals surface area contributed by atoms with Crippen molar-refractivity contribution >= 4 is 23.3 Å². The Balaban J connectivity index is 1.58. The first-order valence-electron chi connectivity index (χ1n) is 8.04. The maximum absolute atomic E-state index is 12.9. The molecule has 0 aromatic heterocycles. The molecule has 118 valence electrons. The number of urea groups is 1. The van der Waals surface area contributed by atoms with E-state index in [1.165, 1.54) is 5.56 Å². The number of halogens is 1. The second kappa shape index (κ2) is 5.27. The number of rotatable bonds is 2. The molecule has 1 saturated carbocycles. The molecule has 2 aromatic carbocycles. The van der Waals surface area contributed by atoms with E-state index >= 15 is 0 Å². The average molecular weight is 327 g/mol. The normalized spacial score (nSPS) is 21.0. The van der Waals surface area contributed by atoms with Crippen LogP contribution in [-0.2, 0) is 12.0 Å². The monoisotopic (exact) mass is 326 g/mol. The molecule has 1 fully saturated rings. The van der Waals surface area contributed by atoms with E-state index < -0.39 is 0 Å². The number of hydrogen-bond acceptors (Lipinski definition) is 1. The molecule has 1 N–H and O–H groups in total. The van der Waals surface area contributed by atoms with Crippen LogP contribution in [0.15, 0.2) is 48.5 Å². The number of carbonyl (C=O) groups excluding carboxylic acids is 1. The second-order valence-electron chi connectivity index (χ2n) is 6.57. The van der Waals surface area contributed by atoms with Gasteiger partial charge in [-0.2, -0.15) is 0 Å². The summed E-state index contributed by atoms with van der Waals surface area (Å²) < 4.78 is 0. The lowest BCUT2D eigenvalue weighted by Crippen LogP contribution is -2.47. The number of nitrogens with zero attached hydrogens (tertiary/aromatic N) is 1. The van der Waals surface area contributed by atoms with Crippen molar-refractivity contribution in [3.8, 4) is 0 Å². The minimum atomic E-state index is -0.223. The Morgan fingerprint density at radius 3 is 2.57 bits per heavy atom. The van der Waals surface area contributed by atoms with Gasteiger partial charge in [0, 0.05) is 16.8 Å². The van der Waals surface area contributed by atoms with Gasteiger partial charge in [-0.25, -0.2) is 4.79 Å². The van der Waals surface area contributed by atoms with Gasteiger partial charge >= 0.3 is 6.03 Å². The smallest absolute Gasteiger partial charge is 0.322 e. The maximum Gasteiger partial charge on any atom is 0.322 e. The molecule has 1 heterocycles. The molecule has 2 aromatic rings. The summed E-state index contributed by atoms with van der Waals surface area (Å²) in [5.41, 5.74) is 3.19. The molecule has 23 heavy (non-hydrogen) atoms. The largest absolute Gasteiger partial charge is 0.328 e. The van der Waals surface area contributed by atoms with Crippen LogP contribution in [0.25, 0.3) is 0 Å². The van der Waals surface area contributed by atoms with E-state index in [1.807, 2.05) is 47.4 Å². The van der Waals surface area contributed by atoms with Gasteiger partial charge in [0.2, 0.25) is 0 Å². The number of para-hydroxylation sites is 1. The first kappa shape index (κ1) is 14.6. The second-order valence-corrected chi connectivity index (χ2v) is 7.01. The molecule has 0 radical (unpaired) electrons. The van der Waals surface area contributed by atoms with E-state index in [-0.39, 0.29) is 17.6 Å². The highest BCUT2D eigenvalue weighted by atomic mass is 35.5. The minimum absolute atomic E-state index is 0.00472. The third-order valence-electron chi connectivity index (χ3n) is 4.92. The predicted octanol–water partition coefficient (Wildman–Crippen LogP) is 4.49. The third-order valence-corrected chi connectivity index (χ3v) is 5.17. The van der Waals surface area contributed by atoms with Gasteiger partial charge in [-0.15, -0.1) is 0 Å². The SMILES string of the molecule is CC1Cc2ccccc2N1C(=O)NC1(c2ccc(Cl)cc2)CC1. The van der Waals surface area contributed by atoms with Crippen molar-refractivity contribution in [1.82, 2.24) is 5.32 Å². The molecular formula is C19H19ClN2O. The van der Waals surface area contributed by atoms with E-state index in [0.717, 1.165) is 35.5 Å². The third kappa shape index (κ3) is 2.49. The van der Waals surface area contributed by atoms with Crippen LogP contribution in [0.4, 0.5) is 10.5 Å². The zero-order chi connectivity index (χ0) is 16.0. The Hall–Kier alpha value is -2.00. The highest BCUT2D eigenvalue weighted by Crippen LogP contribution is 2.46. The number of amides is 2. The van der Waals surface area contributed by atoms with Crippen LogP contribution in [0.1, 0.15) is 30.9 Å². The number of anilines is 1. The molecule has 2 amide bonds. The topological polar surface area (TPSA) is 32.3 Å². The van der Waals surface area contributed by atoms with Crippen LogP contribution in [0.2, 0.25) is 5.02 Å². The standard InChI is InChI=1S/C19H19ClN2O/c1-13-12-14-4-2-3-5-17(14)22(13)18(23)21-19(10-11-19)15-6-8-16(20)9-7-15/h2-9,13H,10-12H2,1H3,(H,21,23). The Bertz CT molecular complexity index is 752. The summed E-state index contributed by atoms with van der Waals surface area (Å²) in [6, 6.07) is 16.1. The molecule has 0 spiro atoms. The van der Waals surface area contributed by atoms with E-state index in [1.54, 1.807) is 0 Å². The fraction of sp³-hybridized carbons (Fsp3) is 0.316. The maximum atomic E-state index is 12.9. The highest BCUT2D eigenvalue weighted by Gasteiger charge is 2.47. The van der Waals surface area contributed by atoms with Crippen LogP contribution in [0, 0.1) is 0 Å². The summed E-state index contributed by atoms with van der Waals surface area (Å²) in [6.07, 6.45) is 2.87. The Labute approximate surface area is 141 Å². The molecular weight excluding hydrogens is 308 g/mol. The average Bonchev–Trinajstić information content (AvgIpc) is 3.22. The number of fused-ring (bicyclic) bond motifs is 1. The van der Waals surface area contributed by atoms with Gasteiger partial charge in [0.05, 0.1) is 5.54 Å². The van der Waals surface area contributed by atoms with E-state index in [4.69, 9.17) is 11.6 Å². The molecule has 4 heteroatoms. The van der Waals surface area contributed by atoms with Gasteiger partial charge in [-0.1, -0.05) is 41.9 Å². The fourth-order valence-electron chi connectivity index (χ4n) is 3.52. The molecule has 3 nitrogen and oxygen atoms in total. The van der Waals surface area contributed by atoms with Crippen LogP contribution < -0.4 is 10.2 Å². The molecule has 0 saturated heterocycles. The summed E-state index contributed by atoms with van der Waals surface area (Å²) in [5, 5.41) is 3.98. The molecule has 0 bridgehead atoms. The first-order chi connectivity index (χ1) is 11.1. The van der Waals surface area contributed by atoms with Crippen molar-refractivity contribution in [2.75, 3.05) is 4.90 Å². The zero-order valence-electron chi connectivity index (χ0n) is 13.1. The number of benzene rings is 2. The van der Waals surface area contributed by atoms with Gasteiger partial charge in [0.25, 0.3) is 0 Å². The summed E-state index contributed by atoms with van der Waals surface area (Å²) in [7, 11) is 0. The number of carbonyl (C=O) groups is 1. The first-order valence-corrected chi connectivity index (χ1v) is 8.42. The molecule has 4 rings (SSSR count). The molecule has 2 aliphatic rings. The van der Waals surface area contributed by atoms with Crippen LogP contribution >= 0.6 is 11.6 Å². The lowest BCUT2D eigenvalue weighted by molar-refractivity contribution is 0.240. The quantitative estimate of drug-likeness (QED) is 0.866. The van der Waals surface area contributed by atoms with Gasteiger partial charge in [0.15, 0.2) is 0 Å². The van der Waals surface area contributed by atoms with Crippen molar-refractivity contribution in [1.29, 1.82) is 0 Å². The van der Waals surface area contributed by atoms with Crippen molar-refractivity contribution in [2.24, 2.45) is 0 Å². The van der Waals surface area contributed by atoms with E-state index in [0.29, 0.717) is 0 Å². The van der Waals surface area contributed by atoms with Crippen molar-refractivity contribution in [2.45, 2.75) is 37.8 Å². The van der Waals surface area contributed by atoms with Gasteiger partial charge in [-0.05, 0) is 55.5 Å². The molecule has 1 aliphatic carbocycles. The van der Waals surface area contributed by atoms with Gasteiger partial charge in [-0.3, -0.25) is 4.90 Å². The van der Waals surface area contributed by atoms with Crippen molar-refractivity contribution in [3.05, 3.63) is 64.7 Å². The van der Waals surface area contributed by atoms with Gasteiger partial charge < -0.3 is 5.32 Å². The lowest BCUT2D eigenvalue weighted by atomic mass is 10.1. The summed E-state index contributed by atoms with van der Waals surface area (Å²) >= 11 is 5.97. The lowest BCUT2D eigenvalue weighted by Gasteiger charge is -2.27. The molecule has 1 atom stereocenters. The Kier molecular flexibility index (Phi) is 3.34. The fourth-order valence-corrected chi connectivity index (χ4v) is 3.65. The summed E-state index contributed by atoms with van der Waals surface area (Å²) in [6.45, 7) is 2.10. The van der Waals surface area contributed by atoms with Crippen LogP contribution in [0.5, 0.6) is 0 Å². The summed E-state index contributed by atoms with van der Waals surface area (Å²) in [5.74, 6) is 0.